The molecule has 3 aliphatic heterocycles. The summed E-state index contributed by atoms with van der Waals surface area (Å²) >= 11 is 7.13. The van der Waals surface area contributed by atoms with Gasteiger partial charge in [-0.05, 0) is 30.7 Å². The van der Waals surface area contributed by atoms with Crippen LogP contribution in [0.2, 0.25) is 0 Å². The maximum Gasteiger partial charge on any atom is 0.128 e. The summed E-state index contributed by atoms with van der Waals surface area (Å²) < 4.78 is 1.88. The molecule has 3 heterocycles. The maximum absolute atomic E-state index is 10.8. The van der Waals surface area contributed by atoms with E-state index >= 15 is 0 Å². The van der Waals surface area contributed by atoms with Crippen molar-refractivity contribution in [1.82, 2.24) is 9.80 Å². The number of piperazine rings is 1. The van der Waals surface area contributed by atoms with Crippen LogP contribution in [-0.2, 0) is 13.1 Å². The largest absolute Gasteiger partial charge is 0.507 e. The Bertz CT molecular complexity index is 922. The number of phenolic OH excluding ortho intramolecular Hbond substituents is 2. The van der Waals surface area contributed by atoms with Crippen molar-refractivity contribution in [2.45, 2.75) is 19.5 Å². The molecule has 6 bridgehead atoms. The van der Waals surface area contributed by atoms with Crippen molar-refractivity contribution in [3.05, 3.63) is 55.5 Å². The minimum atomic E-state index is 0.302. The van der Waals surface area contributed by atoms with Gasteiger partial charge in [0, 0.05) is 96.0 Å². The topological polar surface area (TPSA) is 71.7 Å². The Kier molecular flexibility index (Phi) is 7.43. The Morgan fingerprint density at radius 3 is 1.52 bits per heavy atom. The lowest BCUT2D eigenvalue weighted by atomic mass is 10.1. The minimum Gasteiger partial charge on any atom is -0.507 e. The van der Waals surface area contributed by atoms with Gasteiger partial charge in [0.15, 0.2) is 0 Å². The minimum absolute atomic E-state index is 0.302. The number of benzene rings is 2. The van der Waals surface area contributed by atoms with E-state index in [9.17, 15) is 10.2 Å². The van der Waals surface area contributed by atoms with E-state index in [1.54, 1.807) is 12.4 Å². The van der Waals surface area contributed by atoms with Gasteiger partial charge in [-0.15, -0.1) is 0 Å². The van der Waals surface area contributed by atoms with E-state index in [2.05, 4.69) is 51.6 Å². The van der Waals surface area contributed by atoms with E-state index < -0.39 is 0 Å². The predicted molar refractivity (Wildman–Crippen MR) is 132 cm³/mol. The van der Waals surface area contributed by atoms with Crippen molar-refractivity contribution in [3.63, 3.8) is 0 Å². The van der Waals surface area contributed by atoms with E-state index in [1.807, 2.05) is 24.3 Å². The number of phenols is 2. The number of halogens is 2. The van der Waals surface area contributed by atoms with Crippen LogP contribution >= 0.6 is 31.9 Å². The molecule has 0 atom stereocenters. The molecule has 0 aromatic heterocycles. The van der Waals surface area contributed by atoms with Gasteiger partial charge >= 0.3 is 0 Å². The summed E-state index contributed by atoms with van der Waals surface area (Å²) in [5.41, 5.74) is 3.27. The monoisotopic (exact) mass is 548 g/mol. The number of aliphatic imine (C=N–C) groups is 2. The third-order valence-corrected chi connectivity index (χ3v) is 6.57. The molecule has 1 saturated heterocycles. The molecule has 1 fully saturated rings. The van der Waals surface area contributed by atoms with E-state index in [0.717, 1.165) is 63.8 Å². The molecule has 0 aliphatic carbocycles. The van der Waals surface area contributed by atoms with Gasteiger partial charge in [0.25, 0.3) is 0 Å². The SMILES string of the molecule is Oc1c2cc(Br)cc1CN1CCN(CC1)Cc1cc(Br)cc(c1O)C=NCCCN=C2. The third-order valence-electron chi connectivity index (χ3n) is 5.65. The van der Waals surface area contributed by atoms with Crippen LogP contribution in [0.15, 0.2) is 43.2 Å². The van der Waals surface area contributed by atoms with Crippen LogP contribution < -0.4 is 0 Å². The van der Waals surface area contributed by atoms with Gasteiger partial charge in [0.05, 0.1) is 0 Å². The molecule has 3 aliphatic rings. The van der Waals surface area contributed by atoms with Crippen molar-refractivity contribution in [2.75, 3.05) is 39.3 Å². The molecule has 0 amide bonds. The summed E-state index contributed by atoms with van der Waals surface area (Å²) in [5, 5.41) is 21.5. The molecule has 8 heteroatoms. The average Bonchev–Trinajstić information content (AvgIpc) is 2.74. The van der Waals surface area contributed by atoms with Gasteiger partial charge in [0.2, 0.25) is 0 Å². The Hall–Kier alpha value is -1.74. The van der Waals surface area contributed by atoms with Crippen molar-refractivity contribution in [1.29, 1.82) is 0 Å². The molecule has 31 heavy (non-hydrogen) atoms. The summed E-state index contributed by atoms with van der Waals surface area (Å²) in [6.07, 6.45) is 4.27. The highest BCUT2D eigenvalue weighted by Gasteiger charge is 2.21. The number of fused-ring (bicyclic) bond motifs is 6. The molecule has 0 unspecified atom stereocenters. The fourth-order valence-corrected chi connectivity index (χ4v) is 5.01. The molecule has 164 valence electrons. The second kappa shape index (κ2) is 10.3. The zero-order chi connectivity index (χ0) is 21.8. The van der Waals surface area contributed by atoms with Gasteiger partial charge < -0.3 is 10.2 Å². The lowest BCUT2D eigenvalue weighted by molar-refractivity contribution is 0.120. The van der Waals surface area contributed by atoms with Gasteiger partial charge in [0.1, 0.15) is 11.5 Å². The maximum atomic E-state index is 10.8. The van der Waals surface area contributed by atoms with Gasteiger partial charge in [-0.3, -0.25) is 19.8 Å². The highest BCUT2D eigenvalue weighted by molar-refractivity contribution is 9.10. The summed E-state index contributed by atoms with van der Waals surface area (Å²) in [5.74, 6) is 0.604. The molecule has 5 rings (SSSR count). The van der Waals surface area contributed by atoms with Crippen molar-refractivity contribution in [2.24, 2.45) is 9.98 Å². The van der Waals surface area contributed by atoms with E-state index in [0.29, 0.717) is 37.7 Å². The van der Waals surface area contributed by atoms with Crippen LogP contribution in [0.4, 0.5) is 0 Å². The average molecular weight is 550 g/mol. The second-order valence-electron chi connectivity index (χ2n) is 7.98. The summed E-state index contributed by atoms with van der Waals surface area (Å²) in [7, 11) is 0. The number of aromatic hydroxyl groups is 2. The van der Waals surface area contributed by atoms with E-state index in [4.69, 9.17) is 0 Å². The molecular weight excluding hydrogens is 524 g/mol. The Balaban J connectivity index is 1.61. The zero-order valence-corrected chi connectivity index (χ0v) is 20.4. The van der Waals surface area contributed by atoms with Crippen LogP contribution in [0.3, 0.4) is 0 Å². The molecule has 2 aromatic carbocycles. The highest BCUT2D eigenvalue weighted by Crippen LogP contribution is 2.30. The Morgan fingerprint density at radius 2 is 1.10 bits per heavy atom. The molecule has 0 radical (unpaired) electrons. The molecular formula is C23H26Br2N4O2. The first-order valence-corrected chi connectivity index (χ1v) is 12.1. The molecule has 6 nitrogen and oxygen atoms in total. The standard InChI is InChI=1S/C23H26Br2N4O2/c24-20-8-16-12-26-2-1-3-27-13-17-9-21(25)11-19(23(17)31)15-29-6-4-28(5-7-29)14-18(10-20)22(16)30/h8-13,30-31H,1-7,14-15H2. The number of nitrogens with zero attached hydrogens (tertiary/aromatic N) is 4. The van der Waals surface area contributed by atoms with Gasteiger partial charge in [-0.2, -0.15) is 0 Å². The van der Waals surface area contributed by atoms with Crippen molar-refractivity contribution < 1.29 is 10.2 Å². The first kappa shape index (κ1) is 22.5. The molecule has 2 N–H and O–H groups in total. The zero-order valence-electron chi connectivity index (χ0n) is 17.3. The molecule has 0 spiro atoms. The van der Waals surface area contributed by atoms with Crippen LogP contribution in [0, 0.1) is 0 Å². The second-order valence-corrected chi connectivity index (χ2v) is 9.81. The Labute approximate surface area is 199 Å². The van der Waals surface area contributed by atoms with E-state index in [-0.39, 0.29) is 0 Å². The fraction of sp³-hybridized carbons (Fsp3) is 0.391. The van der Waals surface area contributed by atoms with E-state index in [1.165, 1.54) is 0 Å². The van der Waals surface area contributed by atoms with Crippen molar-refractivity contribution >= 4 is 44.3 Å². The van der Waals surface area contributed by atoms with Crippen LogP contribution in [0.1, 0.15) is 28.7 Å². The first-order chi connectivity index (χ1) is 15.0. The smallest absolute Gasteiger partial charge is 0.128 e. The lowest BCUT2D eigenvalue weighted by Crippen LogP contribution is -2.45. The summed E-state index contributed by atoms with van der Waals surface area (Å²) in [6.45, 7) is 6.23. The Morgan fingerprint density at radius 1 is 0.677 bits per heavy atom. The fourth-order valence-electron chi connectivity index (χ4n) is 3.96. The predicted octanol–water partition coefficient (Wildman–Crippen LogP) is 4.18. The molecule has 0 saturated carbocycles. The quantitative estimate of drug-likeness (QED) is 0.517. The number of hydrogen-bond acceptors (Lipinski definition) is 6. The number of hydrogen-bond donors (Lipinski definition) is 2. The van der Waals surface area contributed by atoms with Crippen molar-refractivity contribution in [3.8, 4) is 11.5 Å². The van der Waals surface area contributed by atoms with Crippen LogP contribution in [0.5, 0.6) is 11.5 Å². The molecule has 2 aromatic rings. The van der Waals surface area contributed by atoms with Gasteiger partial charge in [-0.25, -0.2) is 0 Å². The summed E-state index contributed by atoms with van der Waals surface area (Å²) in [6, 6.07) is 7.76. The third kappa shape index (κ3) is 5.74. The van der Waals surface area contributed by atoms with Crippen LogP contribution in [0.25, 0.3) is 0 Å². The van der Waals surface area contributed by atoms with Gasteiger partial charge in [-0.1, -0.05) is 31.9 Å². The lowest BCUT2D eigenvalue weighted by Gasteiger charge is -2.35. The van der Waals surface area contributed by atoms with Crippen LogP contribution in [-0.4, -0.2) is 71.7 Å². The number of rotatable bonds is 0. The normalized spacial score (nSPS) is 22.0. The highest BCUT2D eigenvalue weighted by atomic mass is 79.9. The summed E-state index contributed by atoms with van der Waals surface area (Å²) in [4.78, 5) is 13.6. The first-order valence-electron chi connectivity index (χ1n) is 10.5.